The van der Waals surface area contributed by atoms with E-state index in [9.17, 15) is 61.0 Å². The van der Waals surface area contributed by atoms with Gasteiger partial charge in [-0.05, 0) is 64.2 Å². The maximum Gasteiger partial charge on any atom is 0.220 e. The molecule has 0 aromatic heterocycles. The Bertz CT molecular complexity index is 1660. The van der Waals surface area contributed by atoms with E-state index in [0.717, 1.165) is 77.0 Å². The van der Waals surface area contributed by atoms with Crippen LogP contribution in [-0.2, 0) is 33.2 Å². The SMILES string of the molecule is CC/C=C\C/C=C\C/C=C\C/C=C\C/C=C\C/C=C\CCCCC(=O)NC(COC1OC(CO)C(OC2OC(CO)C(OC3OC(CO)C(O)C(O)C3O)C(O)C2O)C(O)C1O)C(O)CCCCCCCCCCC. The molecular weight excluding hydrogens is 975 g/mol. The van der Waals surface area contributed by atoms with E-state index in [1.807, 2.05) is 0 Å². The van der Waals surface area contributed by atoms with E-state index in [-0.39, 0.29) is 18.9 Å². The Labute approximate surface area is 445 Å². The summed E-state index contributed by atoms with van der Waals surface area (Å²) in [5.74, 6) is -0.292. The number of aliphatic hydroxyl groups is 11. The molecule has 17 unspecified atom stereocenters. The summed E-state index contributed by atoms with van der Waals surface area (Å²) in [5.41, 5.74) is 0. The van der Waals surface area contributed by atoms with Crippen molar-refractivity contribution in [2.75, 3.05) is 26.4 Å². The highest BCUT2D eigenvalue weighted by molar-refractivity contribution is 5.76. The van der Waals surface area contributed by atoms with Crippen LogP contribution in [0.25, 0.3) is 0 Å². The zero-order valence-corrected chi connectivity index (χ0v) is 44.5. The Balaban J connectivity index is 1.51. The van der Waals surface area contributed by atoms with Gasteiger partial charge in [0.2, 0.25) is 5.91 Å². The fraction of sp³-hybridized carbons (Fsp3) is 0.768. The molecule has 0 radical (unpaired) electrons. The van der Waals surface area contributed by atoms with Gasteiger partial charge >= 0.3 is 0 Å². The van der Waals surface area contributed by atoms with Gasteiger partial charge in [-0.2, -0.15) is 0 Å². The molecule has 75 heavy (non-hydrogen) atoms. The largest absolute Gasteiger partial charge is 0.394 e. The average Bonchev–Trinajstić information content (AvgIpc) is 3.41. The van der Waals surface area contributed by atoms with Crippen molar-refractivity contribution in [3.63, 3.8) is 0 Å². The van der Waals surface area contributed by atoms with Crippen LogP contribution in [0, 0.1) is 0 Å². The number of unbranched alkanes of at least 4 members (excludes halogenated alkanes) is 10. The highest BCUT2D eigenvalue weighted by Crippen LogP contribution is 2.33. The van der Waals surface area contributed by atoms with Gasteiger partial charge in [0.15, 0.2) is 18.9 Å². The highest BCUT2D eigenvalue weighted by atomic mass is 16.8. The normalized spacial score (nSPS) is 31.8. The van der Waals surface area contributed by atoms with Crippen LogP contribution in [0.5, 0.6) is 0 Å². The molecule has 3 saturated heterocycles. The van der Waals surface area contributed by atoms with Crippen LogP contribution in [0.15, 0.2) is 72.9 Å². The molecule has 3 aliphatic heterocycles. The van der Waals surface area contributed by atoms with Gasteiger partial charge in [-0.25, -0.2) is 0 Å². The second-order valence-corrected chi connectivity index (χ2v) is 19.7. The topological polar surface area (TPSA) is 307 Å². The Hall–Kier alpha value is -2.77. The van der Waals surface area contributed by atoms with Gasteiger partial charge in [-0.15, -0.1) is 0 Å². The fourth-order valence-corrected chi connectivity index (χ4v) is 8.96. The Kier molecular flexibility index (Phi) is 35.1. The number of allylic oxidation sites excluding steroid dienone is 12. The van der Waals surface area contributed by atoms with E-state index in [4.69, 9.17) is 28.4 Å². The van der Waals surface area contributed by atoms with E-state index in [2.05, 4.69) is 92.1 Å². The number of hydrogen-bond donors (Lipinski definition) is 12. The van der Waals surface area contributed by atoms with E-state index >= 15 is 0 Å². The van der Waals surface area contributed by atoms with Crippen molar-refractivity contribution < 1.29 is 89.4 Å². The number of carbonyl (C=O) groups excluding carboxylic acids is 1. The average molecular weight is 1070 g/mol. The standard InChI is InChI=1S/C56H95NO18/c1-3-5-7-9-11-13-14-15-16-17-18-19-20-21-22-23-24-26-28-30-32-34-44(62)57-39(40(61)33-31-29-27-25-12-10-8-6-4-2)38-70-54-50(68)47(65)52(42(36-59)72-54)75-56-51(69)48(66)53(43(37-60)73-56)74-55-49(67)46(64)45(63)41(35-58)71-55/h5,7,11,13,15-16,18-19,21-22,24,26,39-43,45-56,58-61,63-69H,3-4,6,8-10,12,14,17,20,23,25,27-38H2,1-2H3,(H,57,62)/b7-5-,13-11-,16-15-,19-18-,22-21-,26-24-. The van der Waals surface area contributed by atoms with Crippen LogP contribution < -0.4 is 5.32 Å². The number of amides is 1. The lowest BCUT2D eigenvalue weighted by Gasteiger charge is -2.48. The quantitative estimate of drug-likeness (QED) is 0.0311. The first kappa shape index (κ1) is 66.5. The predicted molar refractivity (Wildman–Crippen MR) is 281 cm³/mol. The molecule has 432 valence electrons. The third-order valence-corrected chi connectivity index (χ3v) is 13.5. The van der Waals surface area contributed by atoms with Gasteiger partial charge < -0.3 is 89.9 Å². The summed E-state index contributed by atoms with van der Waals surface area (Å²) in [6.07, 6.45) is 17.3. The number of nitrogens with one attached hydrogen (secondary N) is 1. The monoisotopic (exact) mass is 1070 g/mol. The van der Waals surface area contributed by atoms with Crippen molar-refractivity contribution in [3.8, 4) is 0 Å². The van der Waals surface area contributed by atoms with Gasteiger partial charge in [0.25, 0.3) is 0 Å². The first-order valence-corrected chi connectivity index (χ1v) is 27.7. The van der Waals surface area contributed by atoms with Crippen LogP contribution in [0.3, 0.4) is 0 Å². The molecule has 0 aromatic carbocycles. The first-order chi connectivity index (χ1) is 36.3. The zero-order chi connectivity index (χ0) is 54.8. The number of aliphatic hydroxyl groups excluding tert-OH is 11. The Morgan fingerprint density at radius 3 is 1.41 bits per heavy atom. The van der Waals surface area contributed by atoms with Crippen molar-refractivity contribution in [1.82, 2.24) is 5.32 Å². The van der Waals surface area contributed by atoms with Crippen molar-refractivity contribution in [2.24, 2.45) is 0 Å². The Morgan fingerprint density at radius 1 is 0.493 bits per heavy atom. The molecule has 12 N–H and O–H groups in total. The summed E-state index contributed by atoms with van der Waals surface area (Å²) in [6, 6.07) is -0.912. The molecule has 0 aliphatic carbocycles. The molecule has 19 heteroatoms. The summed E-state index contributed by atoms with van der Waals surface area (Å²) in [4.78, 5) is 13.3. The van der Waals surface area contributed by atoms with Gasteiger partial charge in [0, 0.05) is 6.42 Å². The lowest BCUT2D eigenvalue weighted by Crippen LogP contribution is -2.66. The smallest absolute Gasteiger partial charge is 0.220 e. The molecule has 0 saturated carbocycles. The maximum atomic E-state index is 13.3. The van der Waals surface area contributed by atoms with Crippen molar-refractivity contribution in [2.45, 2.75) is 247 Å². The molecule has 3 rings (SSSR count). The third kappa shape index (κ3) is 24.4. The number of rotatable bonds is 38. The molecule has 17 atom stereocenters. The molecule has 3 aliphatic rings. The molecular formula is C56H95NO18. The van der Waals surface area contributed by atoms with Crippen LogP contribution in [-0.4, -0.2) is 193 Å². The number of hydrogen-bond acceptors (Lipinski definition) is 18. The molecule has 3 heterocycles. The van der Waals surface area contributed by atoms with E-state index in [1.54, 1.807) is 0 Å². The third-order valence-electron chi connectivity index (χ3n) is 13.5. The van der Waals surface area contributed by atoms with Gasteiger partial charge in [0.05, 0.1) is 38.6 Å². The lowest BCUT2D eigenvalue weighted by molar-refractivity contribution is -0.379. The summed E-state index contributed by atoms with van der Waals surface area (Å²) < 4.78 is 34.1. The van der Waals surface area contributed by atoms with Gasteiger partial charge in [0.1, 0.15) is 73.2 Å². The number of ether oxygens (including phenoxy) is 6. The van der Waals surface area contributed by atoms with Crippen LogP contribution in [0.4, 0.5) is 0 Å². The maximum absolute atomic E-state index is 13.3. The zero-order valence-electron chi connectivity index (χ0n) is 44.5. The second-order valence-electron chi connectivity index (χ2n) is 19.7. The highest BCUT2D eigenvalue weighted by Gasteiger charge is 2.53. The molecule has 0 spiro atoms. The van der Waals surface area contributed by atoms with Crippen LogP contribution in [0.1, 0.15) is 142 Å². The molecule has 19 nitrogen and oxygen atoms in total. The summed E-state index contributed by atoms with van der Waals surface area (Å²) >= 11 is 0. The van der Waals surface area contributed by atoms with Crippen LogP contribution in [0.2, 0.25) is 0 Å². The summed E-state index contributed by atoms with van der Waals surface area (Å²) in [5, 5.41) is 120. The minimum absolute atomic E-state index is 0.207. The van der Waals surface area contributed by atoms with Crippen molar-refractivity contribution in [3.05, 3.63) is 72.9 Å². The van der Waals surface area contributed by atoms with Gasteiger partial charge in [-0.1, -0.05) is 145 Å². The Morgan fingerprint density at radius 2 is 0.920 bits per heavy atom. The number of carbonyl (C=O) groups is 1. The van der Waals surface area contributed by atoms with Crippen LogP contribution >= 0.6 is 0 Å². The van der Waals surface area contributed by atoms with Crippen molar-refractivity contribution in [1.29, 1.82) is 0 Å². The van der Waals surface area contributed by atoms with Gasteiger partial charge in [-0.3, -0.25) is 4.79 Å². The predicted octanol–water partition coefficient (Wildman–Crippen LogP) is 3.48. The second kappa shape index (κ2) is 39.6. The summed E-state index contributed by atoms with van der Waals surface area (Å²) in [6.45, 7) is 1.57. The van der Waals surface area contributed by atoms with E-state index in [1.165, 1.54) is 25.7 Å². The molecule has 1 amide bonds. The van der Waals surface area contributed by atoms with E-state index < -0.39 is 124 Å². The first-order valence-electron chi connectivity index (χ1n) is 27.7. The summed E-state index contributed by atoms with van der Waals surface area (Å²) in [7, 11) is 0. The minimum atomic E-state index is -1.98. The molecule has 0 aromatic rings. The minimum Gasteiger partial charge on any atom is -0.394 e. The lowest BCUT2D eigenvalue weighted by atomic mass is 9.96. The molecule has 3 fully saturated rings. The molecule has 0 bridgehead atoms. The van der Waals surface area contributed by atoms with E-state index in [0.29, 0.717) is 19.3 Å². The van der Waals surface area contributed by atoms with Crippen molar-refractivity contribution >= 4 is 5.91 Å². The fourth-order valence-electron chi connectivity index (χ4n) is 8.96.